The van der Waals surface area contributed by atoms with Gasteiger partial charge in [-0.25, -0.2) is 4.39 Å². The van der Waals surface area contributed by atoms with Gasteiger partial charge in [-0.2, -0.15) is 0 Å². The molecule has 0 spiro atoms. The van der Waals surface area contributed by atoms with Gasteiger partial charge in [-0.05, 0) is 24.6 Å². The Morgan fingerprint density at radius 3 is 2.35 bits per heavy atom. The van der Waals surface area contributed by atoms with E-state index in [2.05, 4.69) is 5.32 Å². The zero-order chi connectivity index (χ0) is 13.0. The molecule has 6 heteroatoms. The van der Waals surface area contributed by atoms with Crippen LogP contribution >= 0.6 is 23.2 Å². The summed E-state index contributed by atoms with van der Waals surface area (Å²) in [5.41, 5.74) is 0.528. The van der Waals surface area contributed by atoms with E-state index in [-0.39, 0.29) is 24.3 Å². The van der Waals surface area contributed by atoms with Crippen LogP contribution in [0.25, 0.3) is 0 Å². The lowest BCUT2D eigenvalue weighted by Crippen LogP contribution is -2.37. The SMILES string of the molecule is CC(NC(CO)CO)c1cc(F)c(Cl)cc1Cl. The fourth-order valence-electron chi connectivity index (χ4n) is 1.48. The van der Waals surface area contributed by atoms with Crippen molar-refractivity contribution in [3.8, 4) is 0 Å². The largest absolute Gasteiger partial charge is 0.395 e. The first-order valence-corrected chi connectivity index (χ1v) is 5.87. The van der Waals surface area contributed by atoms with Crippen molar-refractivity contribution in [2.75, 3.05) is 13.2 Å². The number of hydrogen-bond acceptors (Lipinski definition) is 3. The lowest BCUT2D eigenvalue weighted by atomic mass is 10.1. The number of halogens is 3. The third-order valence-electron chi connectivity index (χ3n) is 2.43. The molecule has 3 N–H and O–H groups in total. The fourth-order valence-corrected chi connectivity index (χ4v) is 2.02. The summed E-state index contributed by atoms with van der Waals surface area (Å²) in [4.78, 5) is 0. The molecule has 0 amide bonds. The van der Waals surface area contributed by atoms with Gasteiger partial charge in [-0.15, -0.1) is 0 Å². The van der Waals surface area contributed by atoms with Crippen LogP contribution < -0.4 is 5.32 Å². The first-order valence-electron chi connectivity index (χ1n) is 5.11. The maximum absolute atomic E-state index is 13.3. The fraction of sp³-hybridized carbons (Fsp3) is 0.455. The number of aliphatic hydroxyl groups is 2. The Morgan fingerprint density at radius 1 is 1.24 bits per heavy atom. The molecule has 0 saturated heterocycles. The molecule has 96 valence electrons. The topological polar surface area (TPSA) is 52.5 Å². The zero-order valence-electron chi connectivity index (χ0n) is 9.25. The van der Waals surface area contributed by atoms with Gasteiger partial charge in [0.1, 0.15) is 5.82 Å². The second kappa shape index (κ2) is 6.52. The molecule has 0 saturated carbocycles. The van der Waals surface area contributed by atoms with Crippen LogP contribution in [0.3, 0.4) is 0 Å². The van der Waals surface area contributed by atoms with Gasteiger partial charge in [-0.3, -0.25) is 0 Å². The first kappa shape index (κ1) is 14.7. The molecule has 0 aliphatic carbocycles. The molecular formula is C11H14Cl2FNO2. The van der Waals surface area contributed by atoms with Crippen LogP contribution in [-0.2, 0) is 0 Å². The quantitative estimate of drug-likeness (QED) is 0.725. The number of rotatable bonds is 5. The van der Waals surface area contributed by atoms with E-state index in [1.54, 1.807) is 6.92 Å². The van der Waals surface area contributed by atoms with Crippen molar-refractivity contribution in [2.45, 2.75) is 19.0 Å². The highest BCUT2D eigenvalue weighted by Gasteiger charge is 2.16. The lowest BCUT2D eigenvalue weighted by Gasteiger charge is -2.21. The van der Waals surface area contributed by atoms with Crippen molar-refractivity contribution >= 4 is 23.2 Å². The predicted octanol–water partition coefficient (Wildman–Crippen LogP) is 2.14. The van der Waals surface area contributed by atoms with Gasteiger partial charge in [0.05, 0.1) is 24.3 Å². The number of benzene rings is 1. The van der Waals surface area contributed by atoms with E-state index in [4.69, 9.17) is 33.4 Å². The third-order valence-corrected chi connectivity index (χ3v) is 3.05. The average molecular weight is 282 g/mol. The maximum Gasteiger partial charge on any atom is 0.142 e. The van der Waals surface area contributed by atoms with Crippen LogP contribution in [0.5, 0.6) is 0 Å². The Morgan fingerprint density at radius 2 is 1.82 bits per heavy atom. The molecule has 0 fully saturated rings. The zero-order valence-corrected chi connectivity index (χ0v) is 10.8. The standard InChI is InChI=1S/C11H14Cl2FNO2/c1-6(15-7(4-16)5-17)8-2-11(14)10(13)3-9(8)12/h2-3,6-7,15-17H,4-5H2,1H3. The summed E-state index contributed by atoms with van der Waals surface area (Å²) in [7, 11) is 0. The minimum absolute atomic E-state index is 0.0354. The second-order valence-corrected chi connectivity index (χ2v) is 4.55. The van der Waals surface area contributed by atoms with Gasteiger partial charge in [0.25, 0.3) is 0 Å². The first-order chi connectivity index (χ1) is 7.99. The molecule has 0 aromatic heterocycles. The second-order valence-electron chi connectivity index (χ2n) is 3.74. The highest BCUT2D eigenvalue weighted by atomic mass is 35.5. The molecule has 1 unspecified atom stereocenters. The third kappa shape index (κ3) is 3.79. The molecule has 1 atom stereocenters. The van der Waals surface area contributed by atoms with Crippen molar-refractivity contribution in [3.05, 3.63) is 33.6 Å². The van der Waals surface area contributed by atoms with Crippen molar-refractivity contribution in [1.29, 1.82) is 0 Å². The molecule has 1 aromatic rings. The van der Waals surface area contributed by atoms with E-state index in [1.165, 1.54) is 12.1 Å². The summed E-state index contributed by atoms with van der Waals surface area (Å²) in [5, 5.41) is 21.1. The van der Waals surface area contributed by atoms with Gasteiger partial charge in [0, 0.05) is 11.1 Å². The van der Waals surface area contributed by atoms with Crippen molar-refractivity contribution in [2.24, 2.45) is 0 Å². The van der Waals surface area contributed by atoms with Crippen LogP contribution in [0.1, 0.15) is 18.5 Å². The Balaban J connectivity index is 2.88. The molecule has 1 aromatic carbocycles. The summed E-state index contributed by atoms with van der Waals surface area (Å²) >= 11 is 11.5. The van der Waals surface area contributed by atoms with Crippen LogP contribution in [-0.4, -0.2) is 29.5 Å². The van der Waals surface area contributed by atoms with Crippen molar-refractivity contribution in [1.82, 2.24) is 5.32 Å². The van der Waals surface area contributed by atoms with Crippen molar-refractivity contribution in [3.63, 3.8) is 0 Å². The Labute approximate surface area is 109 Å². The van der Waals surface area contributed by atoms with Crippen LogP contribution in [0, 0.1) is 5.82 Å². The maximum atomic E-state index is 13.3. The molecular weight excluding hydrogens is 268 g/mol. The monoisotopic (exact) mass is 281 g/mol. The van der Waals surface area contributed by atoms with E-state index in [0.29, 0.717) is 10.6 Å². The Kier molecular flexibility index (Phi) is 5.62. The highest BCUT2D eigenvalue weighted by Crippen LogP contribution is 2.28. The van der Waals surface area contributed by atoms with E-state index in [9.17, 15) is 4.39 Å². The summed E-state index contributed by atoms with van der Waals surface area (Å²) in [6, 6.07) is 1.80. The Bertz CT molecular complexity index is 386. The van der Waals surface area contributed by atoms with Gasteiger partial charge < -0.3 is 15.5 Å². The van der Waals surface area contributed by atoms with Crippen LogP contribution in [0.2, 0.25) is 10.0 Å². The van der Waals surface area contributed by atoms with E-state index >= 15 is 0 Å². The minimum Gasteiger partial charge on any atom is -0.395 e. The molecule has 0 aliphatic heterocycles. The summed E-state index contributed by atoms with van der Waals surface area (Å²) in [6.45, 7) is 1.33. The average Bonchev–Trinajstić information content (AvgIpc) is 2.30. The summed E-state index contributed by atoms with van der Waals surface area (Å²) in [6.07, 6.45) is 0. The number of nitrogens with one attached hydrogen (secondary N) is 1. The molecule has 1 rings (SSSR count). The van der Waals surface area contributed by atoms with Gasteiger partial charge >= 0.3 is 0 Å². The van der Waals surface area contributed by atoms with Gasteiger partial charge in [0.2, 0.25) is 0 Å². The van der Waals surface area contributed by atoms with Crippen LogP contribution in [0.4, 0.5) is 4.39 Å². The molecule has 0 radical (unpaired) electrons. The minimum atomic E-state index is -0.552. The van der Waals surface area contributed by atoms with Gasteiger partial charge in [-0.1, -0.05) is 23.2 Å². The number of hydrogen-bond donors (Lipinski definition) is 3. The van der Waals surface area contributed by atoms with E-state index in [0.717, 1.165) is 0 Å². The van der Waals surface area contributed by atoms with Gasteiger partial charge in [0.15, 0.2) is 0 Å². The molecule has 0 bridgehead atoms. The lowest BCUT2D eigenvalue weighted by molar-refractivity contribution is 0.163. The highest BCUT2D eigenvalue weighted by molar-refractivity contribution is 6.35. The Hall–Kier alpha value is -0.390. The normalized spacial score (nSPS) is 13.1. The predicted molar refractivity (Wildman–Crippen MR) is 65.9 cm³/mol. The number of aliphatic hydroxyl groups excluding tert-OH is 2. The van der Waals surface area contributed by atoms with E-state index < -0.39 is 11.9 Å². The summed E-state index contributed by atoms with van der Waals surface area (Å²) < 4.78 is 13.3. The molecule has 3 nitrogen and oxygen atoms in total. The van der Waals surface area contributed by atoms with Crippen molar-refractivity contribution < 1.29 is 14.6 Å². The molecule has 0 heterocycles. The van der Waals surface area contributed by atoms with E-state index in [1.807, 2.05) is 0 Å². The molecule has 17 heavy (non-hydrogen) atoms. The van der Waals surface area contributed by atoms with Crippen LogP contribution in [0.15, 0.2) is 12.1 Å². The summed E-state index contributed by atoms with van der Waals surface area (Å²) in [5.74, 6) is -0.552. The smallest absolute Gasteiger partial charge is 0.142 e. The molecule has 0 aliphatic rings.